The summed E-state index contributed by atoms with van der Waals surface area (Å²) in [6.45, 7) is 9.76. The lowest BCUT2D eigenvalue weighted by atomic mass is 9.81. The van der Waals surface area contributed by atoms with Gasteiger partial charge in [0.05, 0.1) is 18.1 Å². The number of carboxylic acid groups (broad SMARTS) is 1. The van der Waals surface area contributed by atoms with E-state index in [0.717, 1.165) is 12.8 Å². The molecule has 0 aromatic heterocycles. The molecule has 2 unspecified atom stereocenters. The maximum Gasteiger partial charge on any atom is 0.304 e. The Hall–Kier alpha value is -0.830. The predicted molar refractivity (Wildman–Crippen MR) is 58.7 cm³/mol. The topological polar surface area (TPSA) is 49.8 Å². The number of allylic oxidation sites excluding steroid dienone is 1. The van der Waals surface area contributed by atoms with E-state index in [2.05, 4.69) is 20.4 Å². The highest BCUT2D eigenvalue weighted by Gasteiger charge is 2.47. The van der Waals surface area contributed by atoms with Gasteiger partial charge in [0, 0.05) is 0 Å². The number of hydrogen-bond acceptors (Lipinski definition) is 2. The van der Waals surface area contributed by atoms with Gasteiger partial charge in [-0.1, -0.05) is 13.0 Å². The lowest BCUT2D eigenvalue weighted by molar-refractivity contribution is -0.138. The van der Waals surface area contributed by atoms with E-state index in [1.807, 2.05) is 6.92 Å². The van der Waals surface area contributed by atoms with Crippen molar-refractivity contribution in [2.45, 2.75) is 51.7 Å². The van der Waals surface area contributed by atoms with Crippen LogP contribution in [0.4, 0.5) is 0 Å². The van der Waals surface area contributed by atoms with Crippen molar-refractivity contribution in [3.8, 4) is 0 Å². The van der Waals surface area contributed by atoms with Gasteiger partial charge in [0.25, 0.3) is 0 Å². The molecule has 0 amide bonds. The summed E-state index contributed by atoms with van der Waals surface area (Å²) in [4.78, 5) is 10.7. The van der Waals surface area contributed by atoms with Crippen molar-refractivity contribution < 1.29 is 14.6 Å². The maximum atomic E-state index is 10.7. The number of aliphatic carboxylic acids is 1. The van der Waals surface area contributed by atoms with Gasteiger partial charge in [0.1, 0.15) is 0 Å². The Bertz CT molecular complexity index is 270. The lowest BCUT2D eigenvalue weighted by Crippen LogP contribution is -2.19. The number of hydrogen-bond donors (Lipinski definition) is 1. The zero-order valence-electron chi connectivity index (χ0n) is 9.75. The highest BCUT2D eigenvalue weighted by molar-refractivity contribution is 5.68. The first-order chi connectivity index (χ1) is 6.79. The zero-order valence-corrected chi connectivity index (χ0v) is 9.75. The summed E-state index contributed by atoms with van der Waals surface area (Å²) < 4.78 is 5.47. The molecule has 86 valence electrons. The second-order valence-electron chi connectivity index (χ2n) is 5.18. The van der Waals surface area contributed by atoms with Crippen molar-refractivity contribution in [3.63, 3.8) is 0 Å². The SMILES string of the molecule is C=CC(C)(CCC1OC1(C)C)CC(=O)O. The van der Waals surface area contributed by atoms with Crippen LogP contribution in [0.5, 0.6) is 0 Å². The Morgan fingerprint density at radius 3 is 2.53 bits per heavy atom. The summed E-state index contributed by atoms with van der Waals surface area (Å²) in [7, 11) is 0. The second kappa shape index (κ2) is 3.97. The first-order valence-electron chi connectivity index (χ1n) is 5.32. The standard InChI is InChI=1S/C12H20O3/c1-5-12(4,8-10(13)14)7-6-9-11(2,3)15-9/h5,9H,1,6-8H2,2-4H3,(H,13,14). The van der Waals surface area contributed by atoms with Crippen molar-refractivity contribution in [3.05, 3.63) is 12.7 Å². The quantitative estimate of drug-likeness (QED) is 0.544. The van der Waals surface area contributed by atoms with E-state index >= 15 is 0 Å². The van der Waals surface area contributed by atoms with Crippen LogP contribution < -0.4 is 0 Å². The molecule has 0 spiro atoms. The third kappa shape index (κ3) is 3.34. The normalized spacial score (nSPS) is 26.7. The Morgan fingerprint density at radius 1 is 1.67 bits per heavy atom. The van der Waals surface area contributed by atoms with Gasteiger partial charge in [-0.3, -0.25) is 4.79 Å². The molecular formula is C12H20O3. The summed E-state index contributed by atoms with van der Waals surface area (Å²) in [5.41, 5.74) is -0.320. The van der Waals surface area contributed by atoms with E-state index in [1.54, 1.807) is 6.08 Å². The number of rotatable bonds is 6. The van der Waals surface area contributed by atoms with E-state index in [1.165, 1.54) is 0 Å². The molecule has 0 aliphatic carbocycles. The number of carbonyl (C=O) groups is 1. The molecule has 0 aromatic carbocycles. The average molecular weight is 212 g/mol. The zero-order chi connectivity index (χ0) is 11.7. The van der Waals surface area contributed by atoms with Crippen molar-refractivity contribution >= 4 is 5.97 Å². The molecule has 3 heteroatoms. The fourth-order valence-corrected chi connectivity index (χ4v) is 1.81. The Balaban J connectivity index is 2.40. The highest BCUT2D eigenvalue weighted by atomic mass is 16.6. The summed E-state index contributed by atoms with van der Waals surface area (Å²) >= 11 is 0. The Labute approximate surface area is 91.1 Å². The minimum atomic E-state index is -0.770. The van der Waals surface area contributed by atoms with Crippen LogP contribution in [-0.4, -0.2) is 22.8 Å². The van der Waals surface area contributed by atoms with E-state index in [0.29, 0.717) is 0 Å². The lowest BCUT2D eigenvalue weighted by Gasteiger charge is -2.23. The van der Waals surface area contributed by atoms with E-state index in [-0.39, 0.29) is 23.5 Å². The van der Waals surface area contributed by atoms with Crippen LogP contribution in [0.2, 0.25) is 0 Å². The molecule has 0 radical (unpaired) electrons. The summed E-state index contributed by atoms with van der Waals surface area (Å²) in [5.74, 6) is -0.770. The van der Waals surface area contributed by atoms with Gasteiger partial charge in [-0.2, -0.15) is 0 Å². The van der Waals surface area contributed by atoms with Gasteiger partial charge >= 0.3 is 5.97 Å². The molecule has 1 heterocycles. The molecule has 1 fully saturated rings. The molecule has 1 saturated heterocycles. The van der Waals surface area contributed by atoms with E-state index in [4.69, 9.17) is 9.84 Å². The molecule has 15 heavy (non-hydrogen) atoms. The number of ether oxygens (including phenoxy) is 1. The van der Waals surface area contributed by atoms with Gasteiger partial charge in [0.15, 0.2) is 0 Å². The van der Waals surface area contributed by atoms with E-state index < -0.39 is 5.97 Å². The largest absolute Gasteiger partial charge is 0.481 e. The van der Waals surface area contributed by atoms with Crippen LogP contribution >= 0.6 is 0 Å². The summed E-state index contributed by atoms with van der Waals surface area (Å²) in [6, 6.07) is 0. The summed E-state index contributed by atoms with van der Waals surface area (Å²) in [5, 5.41) is 8.78. The fourth-order valence-electron chi connectivity index (χ4n) is 1.81. The minimum absolute atomic E-state index is 0.00863. The first kappa shape index (κ1) is 12.2. The molecule has 3 nitrogen and oxygen atoms in total. The predicted octanol–water partition coefficient (Wildman–Crippen LogP) is 2.61. The Morgan fingerprint density at radius 2 is 2.20 bits per heavy atom. The van der Waals surface area contributed by atoms with Gasteiger partial charge < -0.3 is 9.84 Å². The molecule has 0 bridgehead atoms. The Kier molecular flexibility index (Phi) is 3.24. The molecule has 1 rings (SSSR count). The van der Waals surface area contributed by atoms with Crippen molar-refractivity contribution in [1.29, 1.82) is 0 Å². The van der Waals surface area contributed by atoms with Gasteiger partial charge in [-0.15, -0.1) is 6.58 Å². The first-order valence-corrected chi connectivity index (χ1v) is 5.32. The fraction of sp³-hybridized carbons (Fsp3) is 0.750. The maximum absolute atomic E-state index is 10.7. The molecule has 2 atom stereocenters. The van der Waals surface area contributed by atoms with Crippen molar-refractivity contribution in [2.75, 3.05) is 0 Å². The monoisotopic (exact) mass is 212 g/mol. The van der Waals surface area contributed by atoms with Crippen LogP contribution in [0.25, 0.3) is 0 Å². The molecule has 1 N–H and O–H groups in total. The van der Waals surface area contributed by atoms with Crippen molar-refractivity contribution in [2.24, 2.45) is 5.41 Å². The number of epoxide rings is 1. The van der Waals surface area contributed by atoms with E-state index in [9.17, 15) is 4.79 Å². The minimum Gasteiger partial charge on any atom is -0.481 e. The molecular weight excluding hydrogens is 192 g/mol. The van der Waals surface area contributed by atoms with Crippen LogP contribution in [0.1, 0.15) is 40.0 Å². The highest BCUT2D eigenvalue weighted by Crippen LogP contribution is 2.41. The van der Waals surface area contributed by atoms with Gasteiger partial charge in [-0.25, -0.2) is 0 Å². The van der Waals surface area contributed by atoms with Crippen LogP contribution in [0.15, 0.2) is 12.7 Å². The smallest absolute Gasteiger partial charge is 0.304 e. The third-order valence-electron chi connectivity index (χ3n) is 3.19. The van der Waals surface area contributed by atoms with Crippen LogP contribution in [-0.2, 0) is 9.53 Å². The number of carboxylic acids is 1. The van der Waals surface area contributed by atoms with Gasteiger partial charge in [-0.05, 0) is 32.1 Å². The molecule has 0 saturated carbocycles. The van der Waals surface area contributed by atoms with Crippen molar-refractivity contribution in [1.82, 2.24) is 0 Å². The van der Waals surface area contributed by atoms with Crippen LogP contribution in [0, 0.1) is 5.41 Å². The molecule has 1 aliphatic heterocycles. The van der Waals surface area contributed by atoms with Crippen LogP contribution in [0.3, 0.4) is 0 Å². The summed E-state index contributed by atoms with van der Waals surface area (Å²) in [6.07, 6.45) is 3.89. The molecule has 1 aliphatic rings. The van der Waals surface area contributed by atoms with Gasteiger partial charge in [0.2, 0.25) is 0 Å². The average Bonchev–Trinajstić information content (AvgIpc) is 2.70. The molecule has 0 aromatic rings. The third-order valence-corrected chi connectivity index (χ3v) is 3.19. The second-order valence-corrected chi connectivity index (χ2v) is 5.18.